The van der Waals surface area contributed by atoms with Gasteiger partial charge in [0.15, 0.2) is 0 Å². The molecule has 2 nitrogen and oxygen atoms in total. The van der Waals surface area contributed by atoms with Crippen LogP contribution in [0.1, 0.15) is 29.2 Å². The molecule has 0 saturated carbocycles. The Labute approximate surface area is 129 Å². The summed E-state index contributed by atoms with van der Waals surface area (Å²) in [7, 11) is 0. The summed E-state index contributed by atoms with van der Waals surface area (Å²) in [5, 5.41) is 7.08. The third-order valence-corrected chi connectivity index (χ3v) is 5.37. The molecule has 1 fully saturated rings. The predicted molar refractivity (Wildman–Crippen MR) is 90.2 cm³/mol. The van der Waals surface area contributed by atoms with Gasteiger partial charge in [-0.25, -0.2) is 0 Å². The average molecular weight is 296 g/mol. The quantitative estimate of drug-likeness (QED) is 0.766. The molecule has 0 spiro atoms. The Balaban J connectivity index is 1.76. The van der Waals surface area contributed by atoms with Gasteiger partial charge < -0.3 is 9.88 Å². The van der Waals surface area contributed by atoms with E-state index in [2.05, 4.69) is 57.9 Å². The summed E-state index contributed by atoms with van der Waals surface area (Å²) in [6.45, 7) is 3.29. The molecule has 0 radical (unpaired) electrons. The maximum absolute atomic E-state index is 3.47. The second-order valence-electron chi connectivity index (χ2n) is 5.83. The Morgan fingerprint density at radius 3 is 2.76 bits per heavy atom. The van der Waals surface area contributed by atoms with Crippen LogP contribution in [0.4, 0.5) is 0 Å². The van der Waals surface area contributed by atoms with Crippen LogP contribution in [0.2, 0.25) is 0 Å². The van der Waals surface area contributed by atoms with Gasteiger partial charge in [-0.1, -0.05) is 24.3 Å². The molecular formula is C18H20N2S. The number of piperidine rings is 1. The number of aromatic nitrogens is 1. The van der Waals surface area contributed by atoms with E-state index in [0.29, 0.717) is 5.92 Å². The van der Waals surface area contributed by atoms with Crippen molar-refractivity contribution in [2.75, 3.05) is 13.1 Å². The lowest BCUT2D eigenvalue weighted by Gasteiger charge is -2.22. The highest BCUT2D eigenvalue weighted by Gasteiger charge is 2.20. The van der Waals surface area contributed by atoms with E-state index in [4.69, 9.17) is 0 Å². The van der Waals surface area contributed by atoms with Crippen molar-refractivity contribution in [2.45, 2.75) is 25.3 Å². The van der Waals surface area contributed by atoms with Gasteiger partial charge in [0.1, 0.15) is 0 Å². The first-order valence-corrected chi connectivity index (χ1v) is 8.60. The van der Waals surface area contributed by atoms with Gasteiger partial charge in [0.2, 0.25) is 0 Å². The molecule has 4 rings (SSSR count). The summed E-state index contributed by atoms with van der Waals surface area (Å²) in [5.74, 6) is 0.709. The maximum atomic E-state index is 3.47. The fourth-order valence-electron chi connectivity index (χ4n) is 3.43. The zero-order valence-corrected chi connectivity index (χ0v) is 12.9. The molecule has 1 aliphatic rings. The lowest BCUT2D eigenvalue weighted by Crippen LogP contribution is -2.26. The van der Waals surface area contributed by atoms with Gasteiger partial charge in [-0.05, 0) is 54.9 Å². The summed E-state index contributed by atoms with van der Waals surface area (Å²) >= 11 is 1.84. The van der Waals surface area contributed by atoms with E-state index in [1.807, 2.05) is 11.3 Å². The second-order valence-corrected chi connectivity index (χ2v) is 6.87. The topological polar surface area (TPSA) is 17.0 Å². The Hall–Kier alpha value is -1.58. The van der Waals surface area contributed by atoms with Gasteiger partial charge in [-0.2, -0.15) is 0 Å². The SMILES string of the molecule is c1csc(Cn2cc(C3CCNCC3)c3ccccc32)c1. The van der Waals surface area contributed by atoms with Gasteiger partial charge in [-0.3, -0.25) is 0 Å². The minimum atomic E-state index is 0.709. The number of thiophene rings is 1. The number of fused-ring (bicyclic) bond motifs is 1. The van der Waals surface area contributed by atoms with E-state index in [9.17, 15) is 0 Å². The first-order valence-electron chi connectivity index (χ1n) is 7.73. The summed E-state index contributed by atoms with van der Waals surface area (Å²) in [4.78, 5) is 1.42. The predicted octanol–water partition coefficient (Wildman–Crippen LogP) is 4.22. The normalized spacial score (nSPS) is 16.6. The van der Waals surface area contributed by atoms with E-state index in [0.717, 1.165) is 19.6 Å². The third-order valence-electron chi connectivity index (χ3n) is 4.50. The summed E-state index contributed by atoms with van der Waals surface area (Å²) in [6.07, 6.45) is 4.92. The van der Waals surface area contributed by atoms with Crippen molar-refractivity contribution in [3.05, 3.63) is 58.4 Å². The van der Waals surface area contributed by atoms with Gasteiger partial charge >= 0.3 is 0 Å². The first-order chi connectivity index (χ1) is 10.4. The number of benzene rings is 1. The van der Waals surface area contributed by atoms with Gasteiger partial charge in [-0.15, -0.1) is 11.3 Å². The highest BCUT2D eigenvalue weighted by Crippen LogP contribution is 2.33. The molecule has 1 N–H and O–H groups in total. The highest BCUT2D eigenvalue weighted by atomic mass is 32.1. The van der Waals surface area contributed by atoms with E-state index in [-0.39, 0.29) is 0 Å². The molecule has 108 valence electrons. The van der Waals surface area contributed by atoms with Crippen LogP contribution < -0.4 is 5.32 Å². The van der Waals surface area contributed by atoms with E-state index >= 15 is 0 Å². The van der Waals surface area contributed by atoms with Crippen LogP contribution >= 0.6 is 11.3 Å². The highest BCUT2D eigenvalue weighted by molar-refractivity contribution is 7.09. The van der Waals surface area contributed by atoms with Crippen LogP contribution in [-0.4, -0.2) is 17.7 Å². The molecule has 0 bridgehead atoms. The average Bonchev–Trinajstić information content (AvgIpc) is 3.17. The standard InChI is InChI=1S/C18H20N2S/c1-2-6-18-16(5-1)17(14-7-9-19-10-8-14)13-20(18)12-15-4-3-11-21-15/h1-6,11,13-14,19H,7-10,12H2. The maximum Gasteiger partial charge on any atom is 0.0569 e. The van der Waals surface area contributed by atoms with Crippen molar-refractivity contribution in [1.29, 1.82) is 0 Å². The molecule has 0 amide bonds. The van der Waals surface area contributed by atoms with Crippen LogP contribution in [0.15, 0.2) is 48.0 Å². The molecule has 2 aromatic heterocycles. The molecule has 3 heteroatoms. The van der Waals surface area contributed by atoms with E-state index in [1.165, 1.54) is 28.6 Å². The number of hydrogen-bond donors (Lipinski definition) is 1. The molecule has 1 aliphatic heterocycles. The molecule has 0 unspecified atom stereocenters. The third kappa shape index (κ3) is 2.52. The number of nitrogens with zero attached hydrogens (tertiary/aromatic N) is 1. The fourth-order valence-corrected chi connectivity index (χ4v) is 4.14. The number of para-hydroxylation sites is 1. The Morgan fingerprint density at radius 1 is 1.10 bits per heavy atom. The molecule has 1 saturated heterocycles. The molecule has 21 heavy (non-hydrogen) atoms. The zero-order valence-electron chi connectivity index (χ0n) is 12.1. The number of rotatable bonds is 3. The first kappa shape index (κ1) is 13.1. The smallest absolute Gasteiger partial charge is 0.0569 e. The van der Waals surface area contributed by atoms with Gasteiger partial charge in [0.25, 0.3) is 0 Å². The minimum absolute atomic E-state index is 0.709. The molecule has 3 heterocycles. The summed E-state index contributed by atoms with van der Waals surface area (Å²) in [5.41, 5.74) is 2.92. The summed E-state index contributed by atoms with van der Waals surface area (Å²) < 4.78 is 2.43. The minimum Gasteiger partial charge on any atom is -0.342 e. The zero-order chi connectivity index (χ0) is 14.1. The number of hydrogen-bond acceptors (Lipinski definition) is 2. The molecule has 0 atom stereocenters. The Morgan fingerprint density at radius 2 is 1.95 bits per heavy atom. The summed E-state index contributed by atoms with van der Waals surface area (Å²) in [6, 6.07) is 13.2. The van der Waals surface area contributed by atoms with Crippen molar-refractivity contribution in [3.63, 3.8) is 0 Å². The fraction of sp³-hybridized carbons (Fsp3) is 0.333. The Kier molecular flexibility index (Phi) is 3.53. The van der Waals surface area contributed by atoms with Crippen molar-refractivity contribution in [1.82, 2.24) is 9.88 Å². The molecular weight excluding hydrogens is 276 g/mol. The van der Waals surface area contributed by atoms with Crippen LogP contribution in [-0.2, 0) is 6.54 Å². The van der Waals surface area contributed by atoms with Gasteiger partial charge in [0, 0.05) is 22.0 Å². The molecule has 0 aliphatic carbocycles. The van der Waals surface area contributed by atoms with E-state index in [1.54, 1.807) is 5.56 Å². The molecule has 1 aromatic carbocycles. The van der Waals surface area contributed by atoms with Crippen molar-refractivity contribution in [3.8, 4) is 0 Å². The van der Waals surface area contributed by atoms with Crippen molar-refractivity contribution >= 4 is 22.2 Å². The van der Waals surface area contributed by atoms with Crippen LogP contribution in [0, 0.1) is 0 Å². The second kappa shape index (κ2) is 5.66. The lowest BCUT2D eigenvalue weighted by atomic mass is 9.90. The van der Waals surface area contributed by atoms with Crippen molar-refractivity contribution in [2.24, 2.45) is 0 Å². The lowest BCUT2D eigenvalue weighted by molar-refractivity contribution is 0.461. The van der Waals surface area contributed by atoms with Crippen molar-refractivity contribution < 1.29 is 0 Å². The van der Waals surface area contributed by atoms with Crippen LogP contribution in [0.5, 0.6) is 0 Å². The largest absolute Gasteiger partial charge is 0.342 e. The van der Waals surface area contributed by atoms with Crippen LogP contribution in [0.3, 0.4) is 0 Å². The monoisotopic (exact) mass is 296 g/mol. The number of nitrogens with one attached hydrogen (secondary N) is 1. The van der Waals surface area contributed by atoms with Crippen LogP contribution in [0.25, 0.3) is 10.9 Å². The van der Waals surface area contributed by atoms with E-state index < -0.39 is 0 Å². The Bertz CT molecular complexity index is 721. The van der Waals surface area contributed by atoms with Gasteiger partial charge in [0.05, 0.1) is 6.54 Å². The molecule has 3 aromatic rings.